The Morgan fingerprint density at radius 3 is 2.86 bits per heavy atom. The van der Waals surface area contributed by atoms with Gasteiger partial charge in [-0.2, -0.15) is 0 Å². The highest BCUT2D eigenvalue weighted by atomic mass is 32.1. The van der Waals surface area contributed by atoms with Gasteiger partial charge in [0.1, 0.15) is 5.82 Å². The van der Waals surface area contributed by atoms with Gasteiger partial charge in [0, 0.05) is 11.1 Å². The van der Waals surface area contributed by atoms with E-state index < -0.39 is 5.82 Å². The van der Waals surface area contributed by atoms with Crippen molar-refractivity contribution < 1.29 is 9.13 Å². The van der Waals surface area contributed by atoms with Crippen LogP contribution in [0.1, 0.15) is 11.1 Å². The summed E-state index contributed by atoms with van der Waals surface area (Å²) in [6.07, 6.45) is 1.28. The monoisotopic (exact) mass is 312 g/mol. The Morgan fingerprint density at radius 1 is 1.27 bits per heavy atom. The fraction of sp³-hybridized carbons (Fsp3) is 0. The maximum absolute atomic E-state index is 14.0. The number of thiazole rings is 1. The standard InChI is InChI=1S/C17H13FN2OS/c1-2-21-17(16(19)12-5-3-4-6-13(12)18)11-7-8-14-15(9-11)22-10-20-14/h2-10H,1,19H2/b17-16-. The molecule has 2 N–H and O–H groups in total. The van der Waals surface area contributed by atoms with Gasteiger partial charge in [0.25, 0.3) is 0 Å². The molecule has 0 spiro atoms. The van der Waals surface area contributed by atoms with Crippen LogP contribution >= 0.6 is 11.3 Å². The fourth-order valence-electron chi connectivity index (χ4n) is 2.17. The number of rotatable bonds is 4. The molecule has 0 saturated heterocycles. The van der Waals surface area contributed by atoms with E-state index in [1.807, 2.05) is 18.2 Å². The van der Waals surface area contributed by atoms with Crippen molar-refractivity contribution in [1.29, 1.82) is 0 Å². The summed E-state index contributed by atoms with van der Waals surface area (Å²) in [6.45, 7) is 3.56. The van der Waals surface area contributed by atoms with Crippen molar-refractivity contribution in [3.05, 3.63) is 77.8 Å². The van der Waals surface area contributed by atoms with Crippen molar-refractivity contribution in [1.82, 2.24) is 4.98 Å². The summed E-state index contributed by atoms with van der Waals surface area (Å²) >= 11 is 1.52. The molecule has 3 rings (SSSR count). The Kier molecular flexibility index (Phi) is 3.89. The second-order valence-electron chi connectivity index (χ2n) is 4.54. The molecule has 110 valence electrons. The van der Waals surface area contributed by atoms with Gasteiger partial charge in [-0.15, -0.1) is 11.3 Å². The number of nitrogens with zero attached hydrogens (tertiary/aromatic N) is 1. The van der Waals surface area contributed by atoms with Gasteiger partial charge in [-0.25, -0.2) is 9.37 Å². The Bertz CT molecular complexity index is 870. The summed E-state index contributed by atoms with van der Waals surface area (Å²) in [6, 6.07) is 11.9. The third kappa shape index (κ3) is 2.58. The molecule has 3 aromatic rings. The molecule has 22 heavy (non-hydrogen) atoms. The Hall–Kier alpha value is -2.66. The minimum absolute atomic E-state index is 0.224. The number of nitrogens with two attached hydrogens (primary N) is 1. The third-order valence-electron chi connectivity index (χ3n) is 3.20. The molecule has 0 atom stereocenters. The van der Waals surface area contributed by atoms with Crippen molar-refractivity contribution in [2.75, 3.05) is 0 Å². The van der Waals surface area contributed by atoms with Crippen molar-refractivity contribution >= 4 is 33.0 Å². The molecule has 2 aromatic carbocycles. The number of benzene rings is 2. The lowest BCUT2D eigenvalue weighted by atomic mass is 10.1. The quantitative estimate of drug-likeness (QED) is 0.574. The largest absolute Gasteiger partial charge is 0.463 e. The van der Waals surface area contributed by atoms with E-state index in [0.29, 0.717) is 11.3 Å². The van der Waals surface area contributed by atoms with Crippen LogP contribution in [-0.2, 0) is 4.74 Å². The average molecular weight is 312 g/mol. The SMILES string of the molecule is C=CO/C(=C(\N)c1ccccc1F)c1ccc2ncsc2c1. The lowest BCUT2D eigenvalue weighted by molar-refractivity contribution is 0.439. The van der Waals surface area contributed by atoms with Crippen LogP contribution in [0.5, 0.6) is 0 Å². The van der Waals surface area contributed by atoms with E-state index in [0.717, 1.165) is 15.8 Å². The first kappa shape index (κ1) is 14.3. The zero-order valence-electron chi connectivity index (χ0n) is 11.6. The molecular formula is C17H13FN2OS. The third-order valence-corrected chi connectivity index (χ3v) is 4.00. The highest BCUT2D eigenvalue weighted by Gasteiger charge is 2.14. The Morgan fingerprint density at radius 2 is 2.09 bits per heavy atom. The van der Waals surface area contributed by atoms with Gasteiger partial charge in [0.2, 0.25) is 0 Å². The zero-order valence-corrected chi connectivity index (χ0v) is 12.4. The molecule has 5 heteroatoms. The van der Waals surface area contributed by atoms with E-state index in [2.05, 4.69) is 11.6 Å². The van der Waals surface area contributed by atoms with Crippen molar-refractivity contribution in [3.63, 3.8) is 0 Å². The molecular weight excluding hydrogens is 299 g/mol. The minimum Gasteiger partial charge on any atom is -0.463 e. The summed E-state index contributed by atoms with van der Waals surface area (Å²) < 4.78 is 20.4. The summed E-state index contributed by atoms with van der Waals surface area (Å²) in [5.74, 6) is -0.0283. The summed E-state index contributed by atoms with van der Waals surface area (Å²) in [4.78, 5) is 4.23. The number of ether oxygens (including phenoxy) is 1. The predicted octanol–water partition coefficient (Wildman–Crippen LogP) is 4.38. The van der Waals surface area contributed by atoms with Crippen LogP contribution in [0.25, 0.3) is 21.7 Å². The van der Waals surface area contributed by atoms with Crippen LogP contribution in [0, 0.1) is 5.82 Å². The first-order chi connectivity index (χ1) is 10.7. The number of halogens is 1. The van der Waals surface area contributed by atoms with Gasteiger partial charge in [-0.3, -0.25) is 0 Å². The van der Waals surface area contributed by atoms with Crippen LogP contribution in [-0.4, -0.2) is 4.98 Å². The van der Waals surface area contributed by atoms with Crippen molar-refractivity contribution in [3.8, 4) is 0 Å². The van der Waals surface area contributed by atoms with Gasteiger partial charge in [0.15, 0.2) is 5.76 Å². The number of fused-ring (bicyclic) bond motifs is 1. The number of aromatic nitrogens is 1. The average Bonchev–Trinajstić information content (AvgIpc) is 3.00. The molecule has 0 aliphatic rings. The predicted molar refractivity (Wildman–Crippen MR) is 88.3 cm³/mol. The van der Waals surface area contributed by atoms with Crippen LogP contribution in [0.3, 0.4) is 0 Å². The smallest absolute Gasteiger partial charge is 0.157 e. The van der Waals surface area contributed by atoms with E-state index in [1.165, 1.54) is 23.7 Å². The fourth-order valence-corrected chi connectivity index (χ4v) is 2.88. The summed E-state index contributed by atoms with van der Waals surface area (Å²) in [5.41, 5.74) is 10.1. The molecule has 0 radical (unpaired) electrons. The highest BCUT2D eigenvalue weighted by Crippen LogP contribution is 2.29. The van der Waals surface area contributed by atoms with E-state index in [1.54, 1.807) is 23.7 Å². The molecule has 0 aliphatic heterocycles. The number of hydrogen-bond donors (Lipinski definition) is 1. The van der Waals surface area contributed by atoms with E-state index in [-0.39, 0.29) is 5.70 Å². The highest BCUT2D eigenvalue weighted by molar-refractivity contribution is 7.16. The van der Waals surface area contributed by atoms with Gasteiger partial charge in [-0.05, 0) is 30.3 Å². The first-order valence-electron chi connectivity index (χ1n) is 6.56. The van der Waals surface area contributed by atoms with Crippen molar-refractivity contribution in [2.24, 2.45) is 5.73 Å². The van der Waals surface area contributed by atoms with E-state index in [9.17, 15) is 4.39 Å². The van der Waals surface area contributed by atoms with Crippen LogP contribution in [0.2, 0.25) is 0 Å². The lowest BCUT2D eigenvalue weighted by Gasteiger charge is -2.12. The first-order valence-corrected chi connectivity index (χ1v) is 7.44. The second-order valence-corrected chi connectivity index (χ2v) is 5.43. The maximum atomic E-state index is 14.0. The van der Waals surface area contributed by atoms with Gasteiger partial charge in [-0.1, -0.05) is 18.7 Å². The molecule has 0 bridgehead atoms. The van der Waals surface area contributed by atoms with E-state index in [4.69, 9.17) is 10.5 Å². The lowest BCUT2D eigenvalue weighted by Crippen LogP contribution is -2.04. The van der Waals surface area contributed by atoms with E-state index >= 15 is 0 Å². The van der Waals surface area contributed by atoms with Crippen LogP contribution < -0.4 is 5.73 Å². The van der Waals surface area contributed by atoms with Gasteiger partial charge in [0.05, 0.1) is 27.7 Å². The molecule has 3 nitrogen and oxygen atoms in total. The zero-order chi connectivity index (χ0) is 15.5. The van der Waals surface area contributed by atoms with Gasteiger partial charge >= 0.3 is 0 Å². The molecule has 0 aliphatic carbocycles. The summed E-state index contributed by atoms with van der Waals surface area (Å²) in [5, 5.41) is 0. The molecule has 0 amide bonds. The molecule has 0 fully saturated rings. The molecule has 0 unspecified atom stereocenters. The molecule has 1 heterocycles. The van der Waals surface area contributed by atoms with Crippen LogP contribution in [0.4, 0.5) is 4.39 Å². The topological polar surface area (TPSA) is 48.1 Å². The number of hydrogen-bond acceptors (Lipinski definition) is 4. The second kappa shape index (κ2) is 5.99. The molecule has 1 aromatic heterocycles. The maximum Gasteiger partial charge on any atom is 0.157 e. The Labute approximate surface area is 131 Å². The van der Waals surface area contributed by atoms with Gasteiger partial charge < -0.3 is 10.5 Å². The minimum atomic E-state index is -0.399. The molecule has 0 saturated carbocycles. The summed E-state index contributed by atoms with van der Waals surface area (Å²) in [7, 11) is 0. The Balaban J connectivity index is 2.17. The van der Waals surface area contributed by atoms with Crippen molar-refractivity contribution in [2.45, 2.75) is 0 Å². The normalized spacial score (nSPS) is 12.0. The van der Waals surface area contributed by atoms with Crippen LogP contribution in [0.15, 0.2) is 60.8 Å².